The molecule has 0 saturated heterocycles. The predicted octanol–water partition coefficient (Wildman–Crippen LogP) is 13.1. The second kappa shape index (κ2) is 11.8. The molecule has 0 N–H and O–H groups in total. The lowest BCUT2D eigenvalue weighted by molar-refractivity contribution is 1.15. The molecule has 55 heavy (non-hydrogen) atoms. The van der Waals surface area contributed by atoms with Crippen LogP contribution in [0.15, 0.2) is 176 Å². The highest BCUT2D eigenvalue weighted by molar-refractivity contribution is 6.14. The maximum atomic E-state index is 10.6. The van der Waals surface area contributed by atoms with E-state index in [1.807, 2.05) is 42.5 Å². The lowest BCUT2D eigenvalue weighted by atomic mass is 10.00. The summed E-state index contributed by atoms with van der Waals surface area (Å²) >= 11 is 0. The number of para-hydroxylation sites is 6. The fourth-order valence-corrected chi connectivity index (χ4v) is 8.79. The van der Waals surface area contributed by atoms with E-state index in [4.69, 9.17) is 6.57 Å². The minimum atomic E-state index is 0.586. The molecule has 0 saturated carbocycles. The number of nitriles is 1. The third-order valence-electron chi connectivity index (χ3n) is 11.1. The molecule has 0 bridgehead atoms. The van der Waals surface area contributed by atoms with Gasteiger partial charge in [-0.15, -0.1) is 0 Å². The first-order valence-corrected chi connectivity index (χ1v) is 18.3. The van der Waals surface area contributed by atoms with Gasteiger partial charge in [-0.3, -0.25) is 0 Å². The minimum absolute atomic E-state index is 0.586. The van der Waals surface area contributed by atoms with Crippen LogP contribution in [0.3, 0.4) is 0 Å². The number of benzene rings is 8. The van der Waals surface area contributed by atoms with Crippen molar-refractivity contribution in [1.82, 2.24) is 13.7 Å². The third-order valence-corrected chi connectivity index (χ3v) is 11.1. The monoisotopic (exact) mass is 699 g/mol. The highest BCUT2D eigenvalue weighted by Gasteiger charge is 2.21. The van der Waals surface area contributed by atoms with E-state index in [1.54, 1.807) is 0 Å². The standard InChI is InChI=1S/C50H29N5/c1-52-42-19-12-18-40-38-16-5-11-24-47(38)55(50(40)42)43-20-7-2-13-35(43)32-25-26-33(31-51)49(29-32)54-46-23-10-6-17-39(46)41-30-34(27-28-48(41)54)53-44-21-8-3-14-36(44)37-15-4-9-22-45(37)53/h2-30H. The summed E-state index contributed by atoms with van der Waals surface area (Å²) in [7, 11) is 0. The lowest BCUT2D eigenvalue weighted by Crippen LogP contribution is -2.01. The molecule has 0 spiro atoms. The summed E-state index contributed by atoms with van der Waals surface area (Å²) in [6, 6.07) is 63.6. The lowest BCUT2D eigenvalue weighted by Gasteiger charge is -2.17. The molecule has 0 aliphatic carbocycles. The van der Waals surface area contributed by atoms with E-state index in [9.17, 15) is 5.26 Å². The summed E-state index contributed by atoms with van der Waals surface area (Å²) in [4.78, 5) is 3.95. The molecule has 0 atom stereocenters. The topological polar surface area (TPSA) is 42.9 Å². The van der Waals surface area contributed by atoms with Crippen molar-refractivity contribution >= 4 is 71.1 Å². The van der Waals surface area contributed by atoms with E-state index in [1.165, 1.54) is 10.8 Å². The van der Waals surface area contributed by atoms with Gasteiger partial charge in [-0.2, -0.15) is 5.26 Å². The maximum absolute atomic E-state index is 10.6. The second-order valence-electron chi connectivity index (χ2n) is 13.9. The Balaban J connectivity index is 1.15. The van der Waals surface area contributed by atoms with Crippen molar-refractivity contribution < 1.29 is 0 Å². The fourth-order valence-electron chi connectivity index (χ4n) is 8.79. The zero-order valence-corrected chi connectivity index (χ0v) is 29.5. The summed E-state index contributed by atoms with van der Waals surface area (Å²) in [5.41, 5.74) is 12.4. The molecule has 3 heterocycles. The van der Waals surface area contributed by atoms with Crippen LogP contribution in [0.1, 0.15) is 5.56 Å². The van der Waals surface area contributed by atoms with Gasteiger partial charge in [-0.25, -0.2) is 4.85 Å². The van der Waals surface area contributed by atoms with E-state index in [2.05, 4.69) is 158 Å². The molecule has 0 radical (unpaired) electrons. The number of rotatable bonds is 4. The summed E-state index contributed by atoms with van der Waals surface area (Å²) in [6.45, 7) is 8.06. The van der Waals surface area contributed by atoms with E-state index < -0.39 is 0 Å². The van der Waals surface area contributed by atoms with Crippen LogP contribution in [-0.4, -0.2) is 13.7 Å². The number of fused-ring (bicyclic) bond motifs is 9. The summed E-state index contributed by atoms with van der Waals surface area (Å²) in [6.07, 6.45) is 0. The second-order valence-corrected chi connectivity index (χ2v) is 13.9. The molecule has 254 valence electrons. The smallest absolute Gasteiger partial charge is 0.211 e. The van der Waals surface area contributed by atoms with Crippen LogP contribution in [0.4, 0.5) is 5.69 Å². The molecular formula is C50H29N5. The van der Waals surface area contributed by atoms with Gasteiger partial charge in [0.1, 0.15) is 6.07 Å². The maximum Gasteiger partial charge on any atom is 0.211 e. The molecule has 11 aromatic rings. The predicted molar refractivity (Wildman–Crippen MR) is 226 cm³/mol. The first kappa shape index (κ1) is 30.7. The van der Waals surface area contributed by atoms with Crippen molar-refractivity contribution in [3.8, 4) is 34.3 Å². The van der Waals surface area contributed by atoms with Gasteiger partial charge >= 0.3 is 0 Å². The van der Waals surface area contributed by atoms with Crippen LogP contribution in [-0.2, 0) is 0 Å². The van der Waals surface area contributed by atoms with E-state index in [0.29, 0.717) is 11.3 Å². The van der Waals surface area contributed by atoms with Gasteiger partial charge in [-0.1, -0.05) is 115 Å². The van der Waals surface area contributed by atoms with Crippen molar-refractivity contribution in [2.24, 2.45) is 0 Å². The van der Waals surface area contributed by atoms with Gasteiger partial charge in [0.25, 0.3) is 0 Å². The molecule has 0 fully saturated rings. The van der Waals surface area contributed by atoms with Gasteiger partial charge in [0.15, 0.2) is 0 Å². The quantitative estimate of drug-likeness (QED) is 0.169. The highest BCUT2D eigenvalue weighted by atomic mass is 15.0. The molecule has 0 amide bonds. The molecule has 11 rings (SSSR count). The normalized spacial score (nSPS) is 11.6. The van der Waals surface area contributed by atoms with Crippen molar-refractivity contribution in [3.63, 3.8) is 0 Å². The van der Waals surface area contributed by atoms with E-state index in [0.717, 1.165) is 82.8 Å². The Labute approximate surface area is 316 Å². The largest absolute Gasteiger partial charge is 0.318 e. The molecule has 5 nitrogen and oxygen atoms in total. The first-order valence-electron chi connectivity index (χ1n) is 18.3. The summed E-state index contributed by atoms with van der Waals surface area (Å²) in [5, 5.41) is 17.4. The minimum Gasteiger partial charge on any atom is -0.318 e. The first-order chi connectivity index (χ1) is 27.2. The van der Waals surface area contributed by atoms with Crippen molar-refractivity contribution in [2.45, 2.75) is 0 Å². The average molecular weight is 700 g/mol. The molecule has 5 heteroatoms. The van der Waals surface area contributed by atoms with Gasteiger partial charge in [0.2, 0.25) is 5.69 Å². The molecule has 3 aromatic heterocycles. The Kier molecular flexibility index (Phi) is 6.61. The number of hydrogen-bond donors (Lipinski definition) is 0. The van der Waals surface area contributed by atoms with Gasteiger partial charge < -0.3 is 13.7 Å². The fraction of sp³-hybridized carbons (Fsp3) is 0. The number of aromatic nitrogens is 3. The zero-order valence-electron chi connectivity index (χ0n) is 29.5. The summed E-state index contributed by atoms with van der Waals surface area (Å²) < 4.78 is 6.81. The van der Waals surface area contributed by atoms with Gasteiger partial charge in [0.05, 0.1) is 56.6 Å². The Morgan fingerprint density at radius 1 is 0.436 bits per heavy atom. The SMILES string of the molecule is [C-]#[N+]c1cccc2c3ccccc3n(-c3ccccc3-c3ccc(C#N)c(-n4c5ccccc5c5cc(-n6c7ccccc7c7ccccc76)ccc54)c3)c12. The van der Waals surface area contributed by atoms with Crippen LogP contribution < -0.4 is 0 Å². The number of nitrogens with zero attached hydrogens (tertiary/aromatic N) is 5. The Hall–Kier alpha value is -7.86. The van der Waals surface area contributed by atoms with E-state index >= 15 is 0 Å². The van der Waals surface area contributed by atoms with Crippen LogP contribution in [0.5, 0.6) is 0 Å². The van der Waals surface area contributed by atoms with Crippen molar-refractivity contribution in [3.05, 3.63) is 193 Å². The average Bonchev–Trinajstić information content (AvgIpc) is 3.89. The Morgan fingerprint density at radius 3 is 1.65 bits per heavy atom. The molecule has 8 aromatic carbocycles. The van der Waals surface area contributed by atoms with Crippen molar-refractivity contribution in [1.29, 1.82) is 5.26 Å². The van der Waals surface area contributed by atoms with Crippen LogP contribution in [0, 0.1) is 17.9 Å². The number of hydrogen-bond acceptors (Lipinski definition) is 1. The molecule has 0 aliphatic heterocycles. The summed E-state index contributed by atoms with van der Waals surface area (Å²) in [5.74, 6) is 0. The Morgan fingerprint density at radius 2 is 0.982 bits per heavy atom. The third kappa shape index (κ3) is 4.39. The van der Waals surface area contributed by atoms with Crippen molar-refractivity contribution in [2.75, 3.05) is 0 Å². The van der Waals surface area contributed by atoms with Crippen LogP contribution >= 0.6 is 0 Å². The zero-order chi connectivity index (χ0) is 36.6. The van der Waals surface area contributed by atoms with E-state index in [-0.39, 0.29) is 0 Å². The highest BCUT2D eigenvalue weighted by Crippen LogP contribution is 2.42. The van der Waals surface area contributed by atoms with Crippen LogP contribution in [0.25, 0.3) is 98.5 Å². The molecule has 0 unspecified atom stereocenters. The molecular weight excluding hydrogens is 671 g/mol. The van der Waals surface area contributed by atoms with Crippen LogP contribution in [0.2, 0.25) is 0 Å². The van der Waals surface area contributed by atoms with Gasteiger partial charge in [-0.05, 0) is 71.6 Å². The van der Waals surface area contributed by atoms with Gasteiger partial charge in [0, 0.05) is 38.2 Å². The Bertz CT molecular complexity index is 3420. The molecule has 0 aliphatic rings.